The molecule has 0 heterocycles. The van der Waals surface area contributed by atoms with Gasteiger partial charge in [0.25, 0.3) is 5.91 Å². The lowest BCUT2D eigenvalue weighted by Crippen LogP contribution is -2.14. The van der Waals surface area contributed by atoms with Crippen molar-refractivity contribution in [2.45, 2.75) is 12.8 Å². The minimum Gasteiger partial charge on any atom is -0.494 e. The van der Waals surface area contributed by atoms with Crippen LogP contribution in [0.2, 0.25) is 0 Å². The first-order chi connectivity index (χ1) is 11.6. The molecular weight excluding hydrogens is 311 g/mol. The number of hydrogen-bond donors (Lipinski definition) is 2. The van der Waals surface area contributed by atoms with Gasteiger partial charge in [0.2, 0.25) is 5.91 Å². The summed E-state index contributed by atoms with van der Waals surface area (Å²) in [7, 11) is 1.36. The molecule has 5 nitrogen and oxygen atoms in total. The van der Waals surface area contributed by atoms with Crippen LogP contribution in [0.15, 0.2) is 42.5 Å². The van der Waals surface area contributed by atoms with Crippen LogP contribution in [0.5, 0.6) is 5.75 Å². The fraction of sp³-hybridized carbons (Fsp3) is 0.222. The molecule has 2 aromatic rings. The smallest absolute Gasteiger partial charge is 0.255 e. The highest BCUT2D eigenvalue weighted by atomic mass is 19.1. The third-order valence-electron chi connectivity index (χ3n) is 3.77. The maximum atomic E-state index is 13.6. The average molecular weight is 328 g/mol. The quantitative estimate of drug-likeness (QED) is 0.883. The first kappa shape index (κ1) is 16.0. The summed E-state index contributed by atoms with van der Waals surface area (Å²) < 4.78 is 18.5. The van der Waals surface area contributed by atoms with Gasteiger partial charge >= 0.3 is 0 Å². The molecule has 1 aliphatic rings. The molecule has 124 valence electrons. The Balaban J connectivity index is 1.63. The summed E-state index contributed by atoms with van der Waals surface area (Å²) in [6.45, 7) is 0. The number of amides is 2. The highest BCUT2D eigenvalue weighted by Gasteiger charge is 2.29. The van der Waals surface area contributed by atoms with Crippen LogP contribution < -0.4 is 15.4 Å². The summed E-state index contributed by atoms with van der Waals surface area (Å²) >= 11 is 0. The SMILES string of the molecule is COc1ccc(C(=O)Nc2ccc(NC(=O)C3CC3)cc2)cc1F. The third kappa shape index (κ3) is 3.71. The van der Waals surface area contributed by atoms with Gasteiger partial charge in [0, 0.05) is 22.9 Å². The second kappa shape index (κ2) is 6.70. The van der Waals surface area contributed by atoms with Crippen LogP contribution in [-0.4, -0.2) is 18.9 Å². The van der Waals surface area contributed by atoms with E-state index in [0.717, 1.165) is 18.9 Å². The second-order valence-corrected chi connectivity index (χ2v) is 5.64. The van der Waals surface area contributed by atoms with Gasteiger partial charge in [0.05, 0.1) is 7.11 Å². The minimum absolute atomic E-state index is 0.0282. The molecule has 0 aliphatic heterocycles. The zero-order chi connectivity index (χ0) is 17.1. The van der Waals surface area contributed by atoms with Crippen LogP contribution in [0, 0.1) is 11.7 Å². The Kier molecular flexibility index (Phi) is 4.46. The Bertz CT molecular complexity index is 770. The van der Waals surface area contributed by atoms with Crippen molar-refractivity contribution in [1.29, 1.82) is 0 Å². The van der Waals surface area contributed by atoms with Crippen molar-refractivity contribution in [2.75, 3.05) is 17.7 Å². The number of carbonyl (C=O) groups excluding carboxylic acids is 2. The number of ether oxygens (including phenoxy) is 1. The molecular formula is C18H17FN2O3. The van der Waals surface area contributed by atoms with Crippen molar-refractivity contribution in [2.24, 2.45) is 5.92 Å². The topological polar surface area (TPSA) is 67.4 Å². The Morgan fingerprint density at radius 1 is 1.04 bits per heavy atom. The van der Waals surface area contributed by atoms with Gasteiger partial charge in [-0.05, 0) is 55.3 Å². The molecule has 3 rings (SSSR count). The molecule has 0 atom stereocenters. The van der Waals surface area contributed by atoms with Crippen molar-refractivity contribution in [3.05, 3.63) is 53.8 Å². The first-order valence-electron chi connectivity index (χ1n) is 7.62. The summed E-state index contributed by atoms with van der Waals surface area (Å²) in [6, 6.07) is 10.8. The van der Waals surface area contributed by atoms with E-state index in [2.05, 4.69) is 10.6 Å². The van der Waals surface area contributed by atoms with Crippen molar-refractivity contribution >= 4 is 23.2 Å². The van der Waals surface area contributed by atoms with Gasteiger partial charge in [-0.25, -0.2) is 4.39 Å². The molecule has 6 heteroatoms. The summed E-state index contributed by atoms with van der Waals surface area (Å²) in [5, 5.41) is 5.50. The van der Waals surface area contributed by atoms with Gasteiger partial charge in [-0.15, -0.1) is 0 Å². The number of nitrogens with one attached hydrogen (secondary N) is 2. The lowest BCUT2D eigenvalue weighted by molar-refractivity contribution is -0.117. The largest absolute Gasteiger partial charge is 0.494 e. The first-order valence-corrected chi connectivity index (χ1v) is 7.62. The van der Waals surface area contributed by atoms with Crippen molar-refractivity contribution in [1.82, 2.24) is 0 Å². The number of rotatable bonds is 5. The van der Waals surface area contributed by atoms with Gasteiger partial charge in [-0.2, -0.15) is 0 Å². The number of benzene rings is 2. The Labute approximate surface area is 138 Å². The molecule has 2 N–H and O–H groups in total. The zero-order valence-electron chi connectivity index (χ0n) is 13.1. The molecule has 0 aromatic heterocycles. The van der Waals surface area contributed by atoms with E-state index in [0.29, 0.717) is 11.4 Å². The van der Waals surface area contributed by atoms with Crippen molar-refractivity contribution in [3.63, 3.8) is 0 Å². The second-order valence-electron chi connectivity index (χ2n) is 5.64. The van der Waals surface area contributed by atoms with E-state index in [1.165, 1.54) is 19.2 Å². The third-order valence-corrected chi connectivity index (χ3v) is 3.77. The molecule has 1 saturated carbocycles. The molecule has 1 fully saturated rings. The fourth-order valence-electron chi connectivity index (χ4n) is 2.24. The van der Waals surface area contributed by atoms with Gasteiger partial charge in [0.1, 0.15) is 0 Å². The number of anilines is 2. The molecule has 2 aromatic carbocycles. The van der Waals surface area contributed by atoms with Gasteiger partial charge in [-0.3, -0.25) is 9.59 Å². The lowest BCUT2D eigenvalue weighted by Gasteiger charge is -2.08. The van der Waals surface area contributed by atoms with Crippen LogP contribution in [0.1, 0.15) is 23.2 Å². The number of hydrogen-bond acceptors (Lipinski definition) is 3. The predicted molar refractivity (Wildman–Crippen MR) is 88.7 cm³/mol. The van der Waals surface area contributed by atoms with Crippen LogP contribution in [0.4, 0.5) is 15.8 Å². The van der Waals surface area contributed by atoms with E-state index >= 15 is 0 Å². The Morgan fingerprint density at radius 2 is 1.67 bits per heavy atom. The Hall–Kier alpha value is -2.89. The van der Waals surface area contributed by atoms with E-state index in [1.54, 1.807) is 24.3 Å². The van der Waals surface area contributed by atoms with E-state index in [4.69, 9.17) is 4.74 Å². The van der Waals surface area contributed by atoms with Crippen LogP contribution in [-0.2, 0) is 4.79 Å². The van der Waals surface area contributed by atoms with Crippen LogP contribution >= 0.6 is 0 Å². The predicted octanol–water partition coefficient (Wildman–Crippen LogP) is 3.44. The average Bonchev–Trinajstić information content (AvgIpc) is 3.41. The minimum atomic E-state index is -0.594. The molecule has 0 spiro atoms. The zero-order valence-corrected chi connectivity index (χ0v) is 13.1. The summed E-state index contributed by atoms with van der Waals surface area (Å²) in [6.07, 6.45) is 1.89. The van der Waals surface area contributed by atoms with E-state index in [9.17, 15) is 14.0 Å². The maximum Gasteiger partial charge on any atom is 0.255 e. The van der Waals surface area contributed by atoms with E-state index < -0.39 is 11.7 Å². The van der Waals surface area contributed by atoms with Crippen LogP contribution in [0.3, 0.4) is 0 Å². The fourth-order valence-corrected chi connectivity index (χ4v) is 2.24. The maximum absolute atomic E-state index is 13.6. The van der Waals surface area contributed by atoms with Gasteiger partial charge in [0.15, 0.2) is 11.6 Å². The summed E-state index contributed by atoms with van der Waals surface area (Å²) in [5.41, 5.74) is 1.43. The molecule has 0 radical (unpaired) electrons. The highest BCUT2D eigenvalue weighted by molar-refractivity contribution is 6.04. The monoisotopic (exact) mass is 328 g/mol. The summed E-state index contributed by atoms with van der Waals surface area (Å²) in [4.78, 5) is 23.8. The van der Waals surface area contributed by atoms with Crippen LogP contribution in [0.25, 0.3) is 0 Å². The Morgan fingerprint density at radius 3 is 2.21 bits per heavy atom. The number of halogens is 1. The molecule has 0 unspecified atom stereocenters. The lowest BCUT2D eigenvalue weighted by atomic mass is 10.2. The molecule has 0 bridgehead atoms. The molecule has 0 saturated heterocycles. The molecule has 2 amide bonds. The van der Waals surface area contributed by atoms with Crippen molar-refractivity contribution in [3.8, 4) is 5.75 Å². The van der Waals surface area contributed by atoms with Gasteiger partial charge in [-0.1, -0.05) is 0 Å². The summed E-state index contributed by atoms with van der Waals surface area (Å²) in [5.74, 6) is -0.772. The molecule has 24 heavy (non-hydrogen) atoms. The number of methoxy groups -OCH3 is 1. The number of carbonyl (C=O) groups is 2. The molecule has 1 aliphatic carbocycles. The normalized spacial score (nSPS) is 13.2. The van der Waals surface area contributed by atoms with E-state index in [-0.39, 0.29) is 23.1 Å². The van der Waals surface area contributed by atoms with Gasteiger partial charge < -0.3 is 15.4 Å². The standard InChI is InChI=1S/C18H17FN2O3/c1-24-16-9-4-12(10-15(16)19)18(23)21-14-7-5-13(6-8-14)20-17(22)11-2-3-11/h4-11H,2-3H2,1H3,(H,20,22)(H,21,23). The highest BCUT2D eigenvalue weighted by Crippen LogP contribution is 2.30. The van der Waals surface area contributed by atoms with E-state index in [1.807, 2.05) is 0 Å². The van der Waals surface area contributed by atoms with Crippen molar-refractivity contribution < 1.29 is 18.7 Å².